The molecule has 0 aliphatic heterocycles. The average molecular weight is 440 g/mol. The molecule has 0 bridgehead atoms. The highest BCUT2D eigenvalue weighted by Crippen LogP contribution is 2.37. The van der Waals surface area contributed by atoms with E-state index in [2.05, 4.69) is 10.2 Å². The Bertz CT molecular complexity index is 1170. The molecule has 0 atom stereocenters. The molecule has 2 aromatic heterocycles. The van der Waals surface area contributed by atoms with Gasteiger partial charge in [0.15, 0.2) is 0 Å². The van der Waals surface area contributed by atoms with Crippen LogP contribution in [0.2, 0.25) is 0 Å². The third kappa shape index (κ3) is 4.20. The van der Waals surface area contributed by atoms with E-state index in [1.165, 1.54) is 0 Å². The lowest BCUT2D eigenvalue weighted by Gasteiger charge is -2.09. The van der Waals surface area contributed by atoms with Gasteiger partial charge in [0.05, 0.1) is 31.0 Å². The average Bonchev–Trinajstić information content (AvgIpc) is 3.18. The Labute approximate surface area is 183 Å². The molecule has 2 heterocycles. The second-order valence-corrected chi connectivity index (χ2v) is 8.67. The van der Waals surface area contributed by atoms with Crippen LogP contribution in [-0.2, 0) is 5.75 Å². The Hall–Kier alpha value is -2.84. The van der Waals surface area contributed by atoms with Crippen molar-refractivity contribution in [3.63, 3.8) is 0 Å². The predicted octanol–water partition coefficient (Wildman–Crippen LogP) is 5.38. The van der Waals surface area contributed by atoms with Gasteiger partial charge in [0.2, 0.25) is 0 Å². The molecule has 0 unspecified atom stereocenters. The van der Waals surface area contributed by atoms with Crippen LogP contribution in [-0.4, -0.2) is 36.5 Å². The fraction of sp³-hybridized carbons (Fsp3) is 0.227. The van der Waals surface area contributed by atoms with Gasteiger partial charge in [0.25, 0.3) is 0 Å². The quantitative estimate of drug-likeness (QED) is 0.358. The van der Waals surface area contributed by atoms with Gasteiger partial charge < -0.3 is 14.2 Å². The maximum absolute atomic E-state index is 5.37. The van der Waals surface area contributed by atoms with Crippen molar-refractivity contribution in [3.05, 3.63) is 53.0 Å². The molecular weight excluding hydrogens is 418 g/mol. The molecule has 8 heteroatoms. The number of methoxy groups -OCH3 is 3. The Morgan fingerprint density at radius 2 is 1.63 bits per heavy atom. The first-order chi connectivity index (χ1) is 14.6. The lowest BCUT2D eigenvalue weighted by molar-refractivity contribution is 0.393. The number of hydrogen-bond donors (Lipinski definition) is 0. The minimum atomic E-state index is 0.701. The van der Waals surface area contributed by atoms with Crippen LogP contribution in [0, 0.1) is 6.92 Å². The van der Waals surface area contributed by atoms with Gasteiger partial charge in [0.1, 0.15) is 33.5 Å². The molecule has 0 aliphatic rings. The van der Waals surface area contributed by atoms with Crippen molar-refractivity contribution in [1.82, 2.24) is 15.2 Å². The van der Waals surface area contributed by atoms with Crippen LogP contribution in [0.1, 0.15) is 10.6 Å². The SMILES string of the molecule is COc1cc(CSc2nnc(-c3cccc(OC)c3)c3sc(C)nc23)cc(OC)c1. The van der Waals surface area contributed by atoms with Gasteiger partial charge in [-0.05, 0) is 36.8 Å². The van der Waals surface area contributed by atoms with Gasteiger partial charge in [-0.25, -0.2) is 4.98 Å². The van der Waals surface area contributed by atoms with Crippen molar-refractivity contribution < 1.29 is 14.2 Å². The zero-order valence-electron chi connectivity index (χ0n) is 17.1. The van der Waals surface area contributed by atoms with Crippen LogP contribution >= 0.6 is 23.1 Å². The van der Waals surface area contributed by atoms with Gasteiger partial charge in [-0.1, -0.05) is 23.9 Å². The Kier molecular flexibility index (Phi) is 6.06. The molecule has 154 valence electrons. The van der Waals surface area contributed by atoms with E-state index in [9.17, 15) is 0 Å². The maximum Gasteiger partial charge on any atom is 0.146 e. The molecule has 30 heavy (non-hydrogen) atoms. The van der Waals surface area contributed by atoms with Crippen LogP contribution in [0.15, 0.2) is 47.5 Å². The van der Waals surface area contributed by atoms with Gasteiger partial charge in [0, 0.05) is 17.4 Å². The first-order valence-corrected chi connectivity index (χ1v) is 11.0. The fourth-order valence-corrected chi connectivity index (χ4v) is 4.92. The van der Waals surface area contributed by atoms with E-state index in [1.807, 2.05) is 49.4 Å². The zero-order valence-corrected chi connectivity index (χ0v) is 18.8. The summed E-state index contributed by atoms with van der Waals surface area (Å²) in [6.07, 6.45) is 0. The molecule has 0 radical (unpaired) electrons. The van der Waals surface area contributed by atoms with Gasteiger partial charge in [-0.15, -0.1) is 21.5 Å². The number of thiazole rings is 1. The molecule has 0 spiro atoms. The highest BCUT2D eigenvalue weighted by Gasteiger charge is 2.16. The summed E-state index contributed by atoms with van der Waals surface area (Å²) in [5.41, 5.74) is 3.74. The highest BCUT2D eigenvalue weighted by molar-refractivity contribution is 7.98. The second-order valence-electron chi connectivity index (χ2n) is 6.51. The Morgan fingerprint density at radius 3 is 2.33 bits per heavy atom. The molecule has 0 amide bonds. The summed E-state index contributed by atoms with van der Waals surface area (Å²) in [7, 11) is 4.96. The van der Waals surface area contributed by atoms with E-state index >= 15 is 0 Å². The van der Waals surface area contributed by atoms with E-state index in [0.29, 0.717) is 5.75 Å². The topological polar surface area (TPSA) is 66.4 Å². The number of fused-ring (bicyclic) bond motifs is 1. The number of nitrogens with zero attached hydrogens (tertiary/aromatic N) is 3. The van der Waals surface area contributed by atoms with E-state index in [-0.39, 0.29) is 0 Å². The molecule has 4 aromatic rings. The van der Waals surface area contributed by atoms with Crippen molar-refractivity contribution in [2.75, 3.05) is 21.3 Å². The van der Waals surface area contributed by atoms with Crippen molar-refractivity contribution in [3.8, 4) is 28.5 Å². The number of ether oxygens (including phenoxy) is 3. The maximum atomic E-state index is 5.37. The third-order valence-corrected chi connectivity index (χ3v) is 6.53. The van der Waals surface area contributed by atoms with Crippen LogP contribution in [0.4, 0.5) is 0 Å². The molecule has 0 saturated heterocycles. The minimum absolute atomic E-state index is 0.701. The van der Waals surface area contributed by atoms with Crippen molar-refractivity contribution in [2.24, 2.45) is 0 Å². The van der Waals surface area contributed by atoms with E-state index in [1.54, 1.807) is 44.4 Å². The van der Waals surface area contributed by atoms with Crippen molar-refractivity contribution >= 4 is 33.3 Å². The van der Waals surface area contributed by atoms with Crippen LogP contribution in [0.5, 0.6) is 17.2 Å². The molecule has 0 saturated carbocycles. The van der Waals surface area contributed by atoms with Crippen molar-refractivity contribution in [2.45, 2.75) is 17.7 Å². The molecule has 0 aliphatic carbocycles. The first kappa shape index (κ1) is 20.4. The summed E-state index contributed by atoms with van der Waals surface area (Å²) in [5, 5.41) is 10.8. The molecular formula is C22H21N3O3S2. The van der Waals surface area contributed by atoms with Crippen LogP contribution < -0.4 is 14.2 Å². The Balaban J connectivity index is 1.68. The van der Waals surface area contributed by atoms with E-state index in [4.69, 9.17) is 19.2 Å². The summed E-state index contributed by atoms with van der Waals surface area (Å²) in [6, 6.07) is 13.7. The number of benzene rings is 2. The molecule has 0 fully saturated rings. The second kappa shape index (κ2) is 8.89. The Morgan fingerprint density at radius 1 is 0.900 bits per heavy atom. The lowest BCUT2D eigenvalue weighted by Crippen LogP contribution is -1.94. The number of thioether (sulfide) groups is 1. The molecule has 2 aromatic carbocycles. The number of aryl methyl sites for hydroxylation is 1. The normalized spacial score (nSPS) is 10.9. The molecule has 4 rings (SSSR count). The monoisotopic (exact) mass is 439 g/mol. The van der Waals surface area contributed by atoms with Gasteiger partial charge in [-0.3, -0.25) is 0 Å². The lowest BCUT2D eigenvalue weighted by atomic mass is 10.1. The summed E-state index contributed by atoms with van der Waals surface area (Å²) >= 11 is 3.23. The van der Waals surface area contributed by atoms with Gasteiger partial charge >= 0.3 is 0 Å². The third-order valence-electron chi connectivity index (χ3n) is 4.52. The summed E-state index contributed by atoms with van der Waals surface area (Å²) in [4.78, 5) is 4.74. The first-order valence-electron chi connectivity index (χ1n) is 9.24. The van der Waals surface area contributed by atoms with E-state index in [0.717, 1.165) is 54.3 Å². The highest BCUT2D eigenvalue weighted by atomic mass is 32.2. The van der Waals surface area contributed by atoms with E-state index < -0.39 is 0 Å². The largest absolute Gasteiger partial charge is 0.497 e. The van der Waals surface area contributed by atoms with Crippen molar-refractivity contribution in [1.29, 1.82) is 0 Å². The minimum Gasteiger partial charge on any atom is -0.497 e. The van der Waals surface area contributed by atoms with Gasteiger partial charge in [-0.2, -0.15) is 0 Å². The summed E-state index contributed by atoms with van der Waals surface area (Å²) < 4.78 is 17.1. The predicted molar refractivity (Wildman–Crippen MR) is 121 cm³/mol. The zero-order chi connectivity index (χ0) is 21.1. The molecule has 6 nitrogen and oxygen atoms in total. The van der Waals surface area contributed by atoms with Crippen LogP contribution in [0.25, 0.3) is 21.5 Å². The van der Waals surface area contributed by atoms with Crippen LogP contribution in [0.3, 0.4) is 0 Å². The molecule has 0 N–H and O–H groups in total. The fourth-order valence-electron chi connectivity index (χ4n) is 3.08. The number of aromatic nitrogens is 3. The standard InChI is InChI=1S/C22H21N3O3S2/c1-13-23-20-21(30-13)19(15-6-5-7-16(10-15)26-2)24-25-22(20)29-12-14-8-17(27-3)11-18(9-14)28-4/h5-11H,12H2,1-4H3. The summed E-state index contributed by atoms with van der Waals surface area (Å²) in [6.45, 7) is 2.00. The smallest absolute Gasteiger partial charge is 0.146 e. The number of rotatable bonds is 7. The summed E-state index contributed by atoms with van der Waals surface area (Å²) in [5.74, 6) is 3.01. The number of hydrogen-bond acceptors (Lipinski definition) is 8.